The molecular formula is C18H20N6O. The van der Waals surface area contributed by atoms with E-state index in [0.717, 1.165) is 30.1 Å². The van der Waals surface area contributed by atoms with Crippen LogP contribution >= 0.6 is 0 Å². The van der Waals surface area contributed by atoms with Gasteiger partial charge in [0.25, 0.3) is 5.91 Å². The molecule has 1 aliphatic heterocycles. The molecule has 1 saturated heterocycles. The number of carbonyl (C=O) groups excluding carboxylic acids is 1. The molecule has 0 bridgehead atoms. The van der Waals surface area contributed by atoms with Gasteiger partial charge < -0.3 is 9.80 Å². The summed E-state index contributed by atoms with van der Waals surface area (Å²) in [4.78, 5) is 25.7. The van der Waals surface area contributed by atoms with Crippen molar-refractivity contribution in [3.05, 3.63) is 54.2 Å². The van der Waals surface area contributed by atoms with Crippen LogP contribution in [0.25, 0.3) is 5.65 Å². The van der Waals surface area contributed by atoms with E-state index >= 15 is 0 Å². The van der Waals surface area contributed by atoms with Crippen LogP contribution in [0.5, 0.6) is 0 Å². The van der Waals surface area contributed by atoms with Crippen molar-refractivity contribution in [2.24, 2.45) is 0 Å². The van der Waals surface area contributed by atoms with E-state index in [-0.39, 0.29) is 11.9 Å². The topological polar surface area (TPSA) is 66.6 Å². The Morgan fingerprint density at radius 1 is 1.16 bits per heavy atom. The lowest BCUT2D eigenvalue weighted by molar-refractivity contribution is 0.0672. The van der Waals surface area contributed by atoms with Crippen molar-refractivity contribution in [2.75, 3.05) is 24.5 Å². The second-order valence-corrected chi connectivity index (χ2v) is 6.36. The summed E-state index contributed by atoms with van der Waals surface area (Å²) in [6, 6.07) is 5.95. The molecule has 0 aliphatic carbocycles. The number of hydrogen-bond acceptors (Lipinski definition) is 5. The van der Waals surface area contributed by atoms with Crippen LogP contribution in [-0.2, 0) is 0 Å². The van der Waals surface area contributed by atoms with Gasteiger partial charge in [-0.2, -0.15) is 5.10 Å². The molecule has 7 heteroatoms. The molecular weight excluding hydrogens is 316 g/mol. The Kier molecular flexibility index (Phi) is 3.83. The third-order valence-corrected chi connectivity index (χ3v) is 4.80. The monoisotopic (exact) mass is 336 g/mol. The zero-order valence-corrected chi connectivity index (χ0v) is 14.3. The third-order valence-electron chi connectivity index (χ3n) is 4.80. The van der Waals surface area contributed by atoms with E-state index in [2.05, 4.69) is 26.9 Å². The smallest absolute Gasteiger partial charge is 0.257 e. The zero-order valence-electron chi connectivity index (χ0n) is 14.3. The second-order valence-electron chi connectivity index (χ2n) is 6.36. The number of hydrogen-bond donors (Lipinski definition) is 0. The quantitative estimate of drug-likeness (QED) is 0.714. The molecule has 1 fully saturated rings. The number of pyridine rings is 1. The first-order valence-electron chi connectivity index (χ1n) is 8.40. The van der Waals surface area contributed by atoms with E-state index in [4.69, 9.17) is 0 Å². The van der Waals surface area contributed by atoms with E-state index in [0.29, 0.717) is 12.1 Å². The van der Waals surface area contributed by atoms with E-state index in [9.17, 15) is 4.79 Å². The number of aryl methyl sites for hydroxylation is 1. The SMILES string of the molecule is Cc1c(C(=O)N2CCN(c3ccncc3)CC2C)cnc2ccnn12. The summed E-state index contributed by atoms with van der Waals surface area (Å²) in [6.45, 7) is 6.27. The van der Waals surface area contributed by atoms with Crippen LogP contribution in [0.15, 0.2) is 43.0 Å². The highest BCUT2D eigenvalue weighted by Gasteiger charge is 2.29. The summed E-state index contributed by atoms with van der Waals surface area (Å²) in [5, 5.41) is 4.25. The van der Waals surface area contributed by atoms with Gasteiger partial charge in [-0.05, 0) is 26.0 Å². The third kappa shape index (κ3) is 2.71. The summed E-state index contributed by atoms with van der Waals surface area (Å²) in [6.07, 6.45) is 6.95. The van der Waals surface area contributed by atoms with Crippen LogP contribution < -0.4 is 4.90 Å². The molecule has 0 aromatic carbocycles. The minimum absolute atomic E-state index is 0.0179. The molecule has 1 aliphatic rings. The molecule has 0 saturated carbocycles. The highest BCUT2D eigenvalue weighted by Crippen LogP contribution is 2.21. The van der Waals surface area contributed by atoms with Crippen molar-refractivity contribution >= 4 is 17.2 Å². The summed E-state index contributed by atoms with van der Waals surface area (Å²) in [7, 11) is 0. The maximum absolute atomic E-state index is 13.1. The number of carbonyl (C=O) groups is 1. The van der Waals surface area contributed by atoms with Gasteiger partial charge in [-0.25, -0.2) is 9.50 Å². The predicted molar refractivity (Wildman–Crippen MR) is 94.7 cm³/mol. The fourth-order valence-corrected chi connectivity index (χ4v) is 3.40. The van der Waals surface area contributed by atoms with Gasteiger partial charge in [0.2, 0.25) is 0 Å². The summed E-state index contributed by atoms with van der Waals surface area (Å²) >= 11 is 0. The first kappa shape index (κ1) is 15.6. The second kappa shape index (κ2) is 6.16. The number of anilines is 1. The Balaban J connectivity index is 1.56. The Bertz CT molecular complexity index is 906. The fraction of sp³-hybridized carbons (Fsp3) is 0.333. The number of rotatable bonds is 2. The van der Waals surface area contributed by atoms with Crippen LogP contribution in [0, 0.1) is 6.92 Å². The highest BCUT2D eigenvalue weighted by molar-refractivity contribution is 5.95. The van der Waals surface area contributed by atoms with Gasteiger partial charge in [0, 0.05) is 56.0 Å². The largest absolute Gasteiger partial charge is 0.368 e. The lowest BCUT2D eigenvalue weighted by Crippen LogP contribution is -2.54. The van der Waals surface area contributed by atoms with E-state index in [1.807, 2.05) is 30.0 Å². The van der Waals surface area contributed by atoms with E-state index < -0.39 is 0 Å². The number of amides is 1. The minimum atomic E-state index is 0.0179. The summed E-state index contributed by atoms with van der Waals surface area (Å²) < 4.78 is 1.71. The lowest BCUT2D eigenvalue weighted by Gasteiger charge is -2.41. The highest BCUT2D eigenvalue weighted by atomic mass is 16.2. The van der Waals surface area contributed by atoms with Gasteiger partial charge in [0.15, 0.2) is 5.65 Å². The number of fused-ring (bicyclic) bond motifs is 1. The van der Waals surface area contributed by atoms with Crippen LogP contribution in [0.3, 0.4) is 0 Å². The molecule has 128 valence electrons. The van der Waals surface area contributed by atoms with Gasteiger partial charge >= 0.3 is 0 Å². The van der Waals surface area contributed by atoms with Crippen molar-refractivity contribution in [3.8, 4) is 0 Å². The summed E-state index contributed by atoms with van der Waals surface area (Å²) in [5.74, 6) is 0.0179. The molecule has 25 heavy (non-hydrogen) atoms. The maximum Gasteiger partial charge on any atom is 0.257 e. The van der Waals surface area contributed by atoms with Crippen molar-refractivity contribution in [1.82, 2.24) is 24.5 Å². The predicted octanol–water partition coefficient (Wildman–Crippen LogP) is 1.78. The standard InChI is InChI=1S/C18H20N6O/c1-13-12-22(15-3-6-19-7-4-15)9-10-23(13)18(25)16-11-20-17-5-8-21-24(17)14(16)2/h3-8,11,13H,9-10,12H2,1-2H3. The number of aromatic nitrogens is 4. The van der Waals surface area contributed by atoms with Gasteiger partial charge in [0.1, 0.15) is 0 Å². The van der Waals surface area contributed by atoms with Crippen molar-refractivity contribution < 1.29 is 4.79 Å². The molecule has 4 heterocycles. The van der Waals surface area contributed by atoms with Crippen molar-refractivity contribution in [3.63, 3.8) is 0 Å². The average Bonchev–Trinajstić information content (AvgIpc) is 3.12. The molecule has 0 spiro atoms. The fourth-order valence-electron chi connectivity index (χ4n) is 3.40. The molecule has 7 nitrogen and oxygen atoms in total. The first-order chi connectivity index (χ1) is 12.1. The zero-order chi connectivity index (χ0) is 17.4. The number of piperazine rings is 1. The van der Waals surface area contributed by atoms with Crippen molar-refractivity contribution in [2.45, 2.75) is 19.9 Å². The van der Waals surface area contributed by atoms with Crippen LogP contribution in [0.2, 0.25) is 0 Å². The Labute approximate surface area is 145 Å². The maximum atomic E-state index is 13.1. The Morgan fingerprint density at radius 3 is 2.72 bits per heavy atom. The van der Waals surface area contributed by atoms with Crippen LogP contribution in [-0.4, -0.2) is 56.1 Å². The van der Waals surface area contributed by atoms with Crippen molar-refractivity contribution in [1.29, 1.82) is 0 Å². The normalized spacial score (nSPS) is 17.9. The van der Waals surface area contributed by atoms with Crippen LogP contribution in [0.4, 0.5) is 5.69 Å². The van der Waals surface area contributed by atoms with E-state index in [1.54, 1.807) is 29.3 Å². The molecule has 4 rings (SSSR count). The average molecular weight is 336 g/mol. The Morgan fingerprint density at radius 2 is 1.96 bits per heavy atom. The molecule has 0 N–H and O–H groups in total. The molecule has 1 amide bonds. The van der Waals surface area contributed by atoms with Crippen LogP contribution in [0.1, 0.15) is 23.0 Å². The molecule has 1 unspecified atom stereocenters. The molecule has 3 aromatic heterocycles. The number of nitrogens with zero attached hydrogens (tertiary/aromatic N) is 6. The minimum Gasteiger partial charge on any atom is -0.368 e. The first-order valence-corrected chi connectivity index (χ1v) is 8.40. The van der Waals surface area contributed by atoms with Gasteiger partial charge in [0.05, 0.1) is 17.5 Å². The van der Waals surface area contributed by atoms with Gasteiger partial charge in [-0.1, -0.05) is 0 Å². The molecule has 1 atom stereocenters. The lowest BCUT2D eigenvalue weighted by atomic mass is 10.1. The van der Waals surface area contributed by atoms with Gasteiger partial charge in [-0.3, -0.25) is 9.78 Å². The molecule has 0 radical (unpaired) electrons. The Hall–Kier alpha value is -2.96. The van der Waals surface area contributed by atoms with Gasteiger partial charge in [-0.15, -0.1) is 0 Å². The van der Waals surface area contributed by atoms with E-state index in [1.165, 1.54) is 0 Å². The summed E-state index contributed by atoms with van der Waals surface area (Å²) in [5.41, 5.74) is 3.33. The molecule has 3 aromatic rings.